The lowest BCUT2D eigenvalue weighted by molar-refractivity contribution is 0.254. The SMILES string of the molecule is CC1CC2CC1C1OC21. The van der Waals surface area contributed by atoms with E-state index in [0.29, 0.717) is 0 Å². The molecule has 0 aromatic rings. The van der Waals surface area contributed by atoms with E-state index in [1.165, 1.54) is 12.8 Å². The third-order valence-electron chi connectivity index (χ3n) is 3.43. The van der Waals surface area contributed by atoms with E-state index in [0.717, 1.165) is 30.0 Å². The van der Waals surface area contributed by atoms with Crippen molar-refractivity contribution in [1.82, 2.24) is 0 Å². The van der Waals surface area contributed by atoms with E-state index < -0.39 is 0 Å². The molecule has 0 aromatic carbocycles. The van der Waals surface area contributed by atoms with E-state index in [9.17, 15) is 0 Å². The van der Waals surface area contributed by atoms with Crippen LogP contribution in [0.4, 0.5) is 0 Å². The maximum absolute atomic E-state index is 5.51. The molecule has 2 aliphatic carbocycles. The number of hydrogen-bond acceptors (Lipinski definition) is 1. The van der Waals surface area contributed by atoms with Crippen LogP contribution in [0.3, 0.4) is 0 Å². The number of fused-ring (bicyclic) bond motifs is 5. The molecule has 5 unspecified atom stereocenters. The van der Waals surface area contributed by atoms with Crippen LogP contribution >= 0.6 is 0 Å². The molecule has 1 nitrogen and oxygen atoms in total. The van der Waals surface area contributed by atoms with Gasteiger partial charge in [0.15, 0.2) is 0 Å². The van der Waals surface area contributed by atoms with Gasteiger partial charge in [-0.05, 0) is 30.6 Å². The maximum atomic E-state index is 5.51. The van der Waals surface area contributed by atoms with Gasteiger partial charge in [-0.1, -0.05) is 6.92 Å². The molecule has 2 bridgehead atoms. The van der Waals surface area contributed by atoms with Gasteiger partial charge in [-0.2, -0.15) is 0 Å². The third kappa shape index (κ3) is 0.420. The fraction of sp³-hybridized carbons (Fsp3) is 1.00. The summed E-state index contributed by atoms with van der Waals surface area (Å²) in [5.74, 6) is 2.90. The fourth-order valence-corrected chi connectivity index (χ4v) is 2.92. The number of rotatable bonds is 0. The van der Waals surface area contributed by atoms with Crippen LogP contribution in [0.2, 0.25) is 0 Å². The first-order valence-electron chi connectivity index (χ1n) is 4.02. The summed E-state index contributed by atoms with van der Waals surface area (Å²) in [6.07, 6.45) is 4.38. The van der Waals surface area contributed by atoms with Gasteiger partial charge in [-0.3, -0.25) is 0 Å². The van der Waals surface area contributed by atoms with Crippen LogP contribution in [-0.4, -0.2) is 12.2 Å². The quantitative estimate of drug-likeness (QED) is 0.445. The first-order valence-corrected chi connectivity index (χ1v) is 4.02. The van der Waals surface area contributed by atoms with Crippen molar-refractivity contribution in [2.75, 3.05) is 0 Å². The van der Waals surface area contributed by atoms with Crippen LogP contribution in [0.1, 0.15) is 19.8 Å². The molecule has 3 fully saturated rings. The smallest absolute Gasteiger partial charge is 0.0875 e. The summed E-state index contributed by atoms with van der Waals surface area (Å²) >= 11 is 0. The van der Waals surface area contributed by atoms with Crippen molar-refractivity contribution in [2.45, 2.75) is 32.0 Å². The fourth-order valence-electron chi connectivity index (χ4n) is 2.92. The largest absolute Gasteiger partial charge is 0.369 e. The van der Waals surface area contributed by atoms with Gasteiger partial charge in [0, 0.05) is 0 Å². The molecule has 0 N–H and O–H groups in total. The molecular formula is C8H12O. The Labute approximate surface area is 55.4 Å². The zero-order valence-corrected chi connectivity index (χ0v) is 5.71. The molecule has 5 atom stereocenters. The van der Waals surface area contributed by atoms with Gasteiger partial charge in [0.1, 0.15) is 0 Å². The highest BCUT2D eigenvalue weighted by Gasteiger charge is 2.61. The average Bonchev–Trinajstić information content (AvgIpc) is 2.46. The van der Waals surface area contributed by atoms with E-state index in [2.05, 4.69) is 6.92 Å². The van der Waals surface area contributed by atoms with Crippen LogP contribution < -0.4 is 0 Å². The monoisotopic (exact) mass is 124 g/mol. The van der Waals surface area contributed by atoms with Gasteiger partial charge in [0.2, 0.25) is 0 Å². The van der Waals surface area contributed by atoms with Gasteiger partial charge in [-0.25, -0.2) is 0 Å². The minimum Gasteiger partial charge on any atom is -0.369 e. The first-order chi connectivity index (χ1) is 4.36. The van der Waals surface area contributed by atoms with E-state index in [4.69, 9.17) is 4.74 Å². The Bertz CT molecular complexity index is 151. The van der Waals surface area contributed by atoms with Crippen LogP contribution in [-0.2, 0) is 4.74 Å². The first kappa shape index (κ1) is 4.73. The third-order valence-corrected chi connectivity index (χ3v) is 3.43. The molecule has 1 aliphatic heterocycles. The van der Waals surface area contributed by atoms with Crippen molar-refractivity contribution in [2.24, 2.45) is 17.8 Å². The number of ether oxygens (including phenoxy) is 1. The van der Waals surface area contributed by atoms with Crippen molar-refractivity contribution < 1.29 is 4.74 Å². The molecule has 3 aliphatic rings. The Morgan fingerprint density at radius 1 is 1.22 bits per heavy atom. The highest BCUT2D eigenvalue weighted by molar-refractivity contribution is 5.09. The molecule has 1 heteroatoms. The van der Waals surface area contributed by atoms with Gasteiger partial charge in [0.05, 0.1) is 12.2 Å². The Kier molecular flexibility index (Phi) is 0.628. The zero-order chi connectivity index (χ0) is 6.01. The van der Waals surface area contributed by atoms with Crippen LogP contribution in [0.25, 0.3) is 0 Å². The molecule has 0 radical (unpaired) electrons. The topological polar surface area (TPSA) is 12.5 Å². The molecule has 1 heterocycles. The van der Waals surface area contributed by atoms with Crippen molar-refractivity contribution in [3.05, 3.63) is 0 Å². The normalized spacial score (nSPS) is 68.3. The highest BCUT2D eigenvalue weighted by Crippen LogP contribution is 2.58. The lowest BCUT2D eigenvalue weighted by Gasteiger charge is -2.11. The van der Waals surface area contributed by atoms with Crippen molar-refractivity contribution in [3.8, 4) is 0 Å². The second kappa shape index (κ2) is 1.20. The zero-order valence-electron chi connectivity index (χ0n) is 5.71. The summed E-state index contributed by atoms with van der Waals surface area (Å²) in [5, 5.41) is 0. The number of epoxide rings is 1. The second-order valence-electron chi connectivity index (χ2n) is 3.94. The Morgan fingerprint density at radius 3 is 2.67 bits per heavy atom. The van der Waals surface area contributed by atoms with Gasteiger partial charge in [-0.15, -0.1) is 0 Å². The van der Waals surface area contributed by atoms with Crippen LogP contribution in [0.5, 0.6) is 0 Å². The predicted octanol–water partition coefficient (Wildman–Crippen LogP) is 1.43. The standard InChI is InChI=1S/C8H12O/c1-4-2-5-3-6(4)8-7(5)9-8/h4-8H,2-3H2,1H3. The van der Waals surface area contributed by atoms with Crippen LogP contribution in [0.15, 0.2) is 0 Å². The molecule has 3 rings (SSSR count). The summed E-state index contributed by atoms with van der Waals surface area (Å²) in [5.41, 5.74) is 0. The lowest BCUT2D eigenvalue weighted by atomic mass is 9.91. The van der Waals surface area contributed by atoms with E-state index in [-0.39, 0.29) is 0 Å². The van der Waals surface area contributed by atoms with E-state index in [1.807, 2.05) is 0 Å². The Morgan fingerprint density at radius 2 is 2.11 bits per heavy atom. The van der Waals surface area contributed by atoms with Crippen molar-refractivity contribution in [3.63, 3.8) is 0 Å². The summed E-state index contributed by atoms with van der Waals surface area (Å²) in [4.78, 5) is 0. The molecule has 50 valence electrons. The second-order valence-corrected chi connectivity index (χ2v) is 3.94. The summed E-state index contributed by atoms with van der Waals surface area (Å²) in [6, 6.07) is 0. The van der Waals surface area contributed by atoms with Gasteiger partial charge >= 0.3 is 0 Å². The van der Waals surface area contributed by atoms with Gasteiger partial charge < -0.3 is 4.74 Å². The lowest BCUT2D eigenvalue weighted by Crippen LogP contribution is -2.14. The molecule has 0 spiro atoms. The Hall–Kier alpha value is -0.0400. The van der Waals surface area contributed by atoms with Crippen molar-refractivity contribution >= 4 is 0 Å². The summed E-state index contributed by atoms with van der Waals surface area (Å²) < 4.78 is 5.51. The molecular weight excluding hydrogens is 112 g/mol. The molecule has 1 saturated heterocycles. The number of hydrogen-bond donors (Lipinski definition) is 0. The minimum absolute atomic E-state index is 0.721. The molecule has 2 saturated carbocycles. The predicted molar refractivity (Wildman–Crippen MR) is 34.0 cm³/mol. The molecule has 9 heavy (non-hydrogen) atoms. The molecule has 0 amide bonds. The molecule has 0 aromatic heterocycles. The van der Waals surface area contributed by atoms with Crippen molar-refractivity contribution in [1.29, 1.82) is 0 Å². The maximum Gasteiger partial charge on any atom is 0.0875 e. The Balaban J connectivity index is 1.96. The minimum atomic E-state index is 0.721. The van der Waals surface area contributed by atoms with Gasteiger partial charge in [0.25, 0.3) is 0 Å². The van der Waals surface area contributed by atoms with E-state index >= 15 is 0 Å². The summed E-state index contributed by atoms with van der Waals surface area (Å²) in [7, 11) is 0. The summed E-state index contributed by atoms with van der Waals surface area (Å²) in [6.45, 7) is 2.38. The van der Waals surface area contributed by atoms with E-state index in [1.54, 1.807) is 0 Å². The average molecular weight is 124 g/mol. The van der Waals surface area contributed by atoms with Crippen LogP contribution in [0, 0.1) is 17.8 Å². The highest BCUT2D eigenvalue weighted by atomic mass is 16.6.